The van der Waals surface area contributed by atoms with E-state index in [-0.39, 0.29) is 6.04 Å². The highest BCUT2D eigenvalue weighted by Gasteiger charge is 2.26. The van der Waals surface area contributed by atoms with Crippen LogP contribution in [0.3, 0.4) is 0 Å². The van der Waals surface area contributed by atoms with Crippen LogP contribution in [0.15, 0.2) is 12.4 Å². The first-order chi connectivity index (χ1) is 8.74. The summed E-state index contributed by atoms with van der Waals surface area (Å²) in [6.45, 7) is 5.55. The lowest BCUT2D eigenvalue weighted by molar-refractivity contribution is -0.00660. The molecule has 2 rings (SSSR count). The van der Waals surface area contributed by atoms with Gasteiger partial charge in [0.05, 0.1) is 18.3 Å². The van der Waals surface area contributed by atoms with E-state index >= 15 is 0 Å². The Morgan fingerprint density at radius 2 is 2.44 bits per heavy atom. The smallest absolute Gasteiger partial charge is 0.0702 e. The van der Waals surface area contributed by atoms with Gasteiger partial charge in [0, 0.05) is 38.5 Å². The summed E-state index contributed by atoms with van der Waals surface area (Å²) in [7, 11) is 1.94. The van der Waals surface area contributed by atoms with Crippen molar-refractivity contribution in [2.75, 3.05) is 26.2 Å². The van der Waals surface area contributed by atoms with Crippen LogP contribution in [0.2, 0.25) is 0 Å². The topological polar surface area (TPSA) is 56.3 Å². The Morgan fingerprint density at radius 1 is 1.61 bits per heavy atom. The molecular weight excluding hydrogens is 228 g/mol. The maximum atomic E-state index is 5.94. The van der Waals surface area contributed by atoms with E-state index in [4.69, 9.17) is 10.5 Å². The number of hydrogen-bond acceptors (Lipinski definition) is 4. The van der Waals surface area contributed by atoms with Crippen LogP contribution >= 0.6 is 0 Å². The van der Waals surface area contributed by atoms with E-state index < -0.39 is 0 Å². The van der Waals surface area contributed by atoms with E-state index in [2.05, 4.69) is 23.1 Å². The normalized spacial score (nSPS) is 23.2. The van der Waals surface area contributed by atoms with Crippen LogP contribution in [0.1, 0.15) is 31.4 Å². The number of likely N-dealkylation sites (tertiary alicyclic amines) is 1. The average molecular weight is 252 g/mol. The van der Waals surface area contributed by atoms with Crippen molar-refractivity contribution in [3.05, 3.63) is 18.0 Å². The molecule has 1 aromatic rings. The first-order valence-corrected chi connectivity index (χ1v) is 6.78. The molecule has 18 heavy (non-hydrogen) atoms. The van der Waals surface area contributed by atoms with Gasteiger partial charge < -0.3 is 10.5 Å². The fourth-order valence-corrected chi connectivity index (χ4v) is 2.73. The molecule has 2 heterocycles. The molecule has 0 spiro atoms. The highest BCUT2D eigenvalue weighted by molar-refractivity contribution is 5.11. The first-order valence-electron chi connectivity index (χ1n) is 6.78. The van der Waals surface area contributed by atoms with E-state index in [0.29, 0.717) is 12.6 Å². The third-order valence-corrected chi connectivity index (χ3v) is 3.59. The van der Waals surface area contributed by atoms with Crippen LogP contribution in [0.4, 0.5) is 0 Å². The van der Waals surface area contributed by atoms with E-state index in [0.717, 1.165) is 26.1 Å². The van der Waals surface area contributed by atoms with E-state index in [1.807, 2.05) is 17.9 Å². The lowest BCUT2D eigenvalue weighted by Gasteiger charge is -2.37. The monoisotopic (exact) mass is 252 g/mol. The maximum Gasteiger partial charge on any atom is 0.0702 e. The van der Waals surface area contributed by atoms with Crippen molar-refractivity contribution in [3.8, 4) is 0 Å². The number of aryl methyl sites for hydroxylation is 1. The van der Waals surface area contributed by atoms with Gasteiger partial charge in [-0.25, -0.2) is 0 Å². The molecule has 102 valence electrons. The molecule has 1 saturated heterocycles. The zero-order chi connectivity index (χ0) is 13.0. The van der Waals surface area contributed by atoms with E-state index in [1.165, 1.54) is 12.0 Å². The minimum absolute atomic E-state index is 0.266. The summed E-state index contributed by atoms with van der Waals surface area (Å²) in [5, 5.41) is 4.24. The molecular formula is C13H24N4O. The summed E-state index contributed by atoms with van der Waals surface area (Å²) in [5.74, 6) is 0. The van der Waals surface area contributed by atoms with Gasteiger partial charge in [0.15, 0.2) is 0 Å². The molecule has 2 atom stereocenters. The summed E-state index contributed by atoms with van der Waals surface area (Å²) in [6.07, 6.45) is 6.68. The van der Waals surface area contributed by atoms with Gasteiger partial charge >= 0.3 is 0 Å². The number of hydrogen-bond donors (Lipinski definition) is 1. The summed E-state index contributed by atoms with van der Waals surface area (Å²) >= 11 is 0. The molecule has 0 amide bonds. The summed E-state index contributed by atoms with van der Waals surface area (Å²) in [5.41, 5.74) is 7.15. The Bertz CT molecular complexity index is 364. The molecule has 1 fully saturated rings. The Morgan fingerprint density at radius 3 is 3.06 bits per heavy atom. The molecule has 0 aliphatic carbocycles. The summed E-state index contributed by atoms with van der Waals surface area (Å²) in [6, 6.07) is 0.266. The van der Waals surface area contributed by atoms with Crippen LogP contribution in [-0.2, 0) is 11.8 Å². The molecule has 0 bridgehead atoms. The number of rotatable bonds is 5. The van der Waals surface area contributed by atoms with Crippen LogP contribution < -0.4 is 5.73 Å². The van der Waals surface area contributed by atoms with Crippen molar-refractivity contribution in [2.45, 2.75) is 31.9 Å². The van der Waals surface area contributed by atoms with Gasteiger partial charge in [-0.15, -0.1) is 0 Å². The van der Waals surface area contributed by atoms with Gasteiger partial charge in [-0.05, 0) is 26.3 Å². The number of piperidine rings is 1. The predicted octanol–water partition coefficient (Wildman–Crippen LogP) is 0.921. The molecule has 1 aromatic heterocycles. The van der Waals surface area contributed by atoms with E-state index in [1.54, 1.807) is 0 Å². The second-order valence-electron chi connectivity index (χ2n) is 4.91. The van der Waals surface area contributed by atoms with Crippen molar-refractivity contribution < 1.29 is 4.74 Å². The average Bonchev–Trinajstić information content (AvgIpc) is 2.78. The van der Waals surface area contributed by atoms with Gasteiger partial charge in [0.1, 0.15) is 0 Å². The molecule has 0 aromatic carbocycles. The second-order valence-corrected chi connectivity index (χ2v) is 4.91. The molecule has 2 unspecified atom stereocenters. The minimum atomic E-state index is 0.266. The molecule has 2 N–H and O–H groups in total. The number of aromatic nitrogens is 2. The second kappa shape index (κ2) is 6.31. The van der Waals surface area contributed by atoms with Crippen molar-refractivity contribution in [2.24, 2.45) is 12.8 Å². The van der Waals surface area contributed by atoms with E-state index in [9.17, 15) is 0 Å². The highest BCUT2D eigenvalue weighted by atomic mass is 16.5. The summed E-state index contributed by atoms with van der Waals surface area (Å²) in [4.78, 5) is 2.43. The third kappa shape index (κ3) is 3.10. The standard InChI is InChI=1S/C13H24N4O/c1-3-18-12-5-4-6-17(10-12)13(7-14)11-8-15-16(2)9-11/h8-9,12-13H,3-7,10,14H2,1-2H3. The van der Waals surface area contributed by atoms with Gasteiger partial charge in [0.2, 0.25) is 0 Å². The molecule has 5 nitrogen and oxygen atoms in total. The molecule has 5 heteroatoms. The van der Waals surface area contributed by atoms with Gasteiger partial charge in [0.25, 0.3) is 0 Å². The SMILES string of the molecule is CCOC1CCCN(C(CN)c2cnn(C)c2)C1. The van der Waals surface area contributed by atoms with Gasteiger partial charge in [-0.3, -0.25) is 9.58 Å². The quantitative estimate of drug-likeness (QED) is 0.846. The lowest BCUT2D eigenvalue weighted by Crippen LogP contribution is -2.43. The van der Waals surface area contributed by atoms with Crippen LogP contribution in [-0.4, -0.2) is 47.0 Å². The molecule has 0 saturated carbocycles. The zero-order valence-electron chi connectivity index (χ0n) is 11.4. The Balaban J connectivity index is 2.03. The zero-order valence-corrected chi connectivity index (χ0v) is 11.4. The fraction of sp³-hybridized carbons (Fsp3) is 0.769. The number of ether oxygens (including phenoxy) is 1. The number of nitrogens with zero attached hydrogens (tertiary/aromatic N) is 3. The van der Waals surface area contributed by atoms with Crippen LogP contribution in [0.5, 0.6) is 0 Å². The largest absolute Gasteiger partial charge is 0.377 e. The molecule has 1 aliphatic heterocycles. The Hall–Kier alpha value is -0.910. The lowest BCUT2D eigenvalue weighted by atomic mass is 10.0. The van der Waals surface area contributed by atoms with Crippen molar-refractivity contribution in [1.82, 2.24) is 14.7 Å². The van der Waals surface area contributed by atoms with Gasteiger partial charge in [-0.1, -0.05) is 0 Å². The highest BCUT2D eigenvalue weighted by Crippen LogP contribution is 2.24. The minimum Gasteiger partial charge on any atom is -0.377 e. The predicted molar refractivity (Wildman–Crippen MR) is 71.2 cm³/mol. The van der Waals surface area contributed by atoms with Crippen molar-refractivity contribution in [3.63, 3.8) is 0 Å². The van der Waals surface area contributed by atoms with Gasteiger partial charge in [-0.2, -0.15) is 5.10 Å². The Kier molecular flexibility index (Phi) is 4.74. The van der Waals surface area contributed by atoms with Crippen LogP contribution in [0.25, 0.3) is 0 Å². The van der Waals surface area contributed by atoms with Crippen molar-refractivity contribution >= 4 is 0 Å². The fourth-order valence-electron chi connectivity index (χ4n) is 2.73. The van der Waals surface area contributed by atoms with Crippen LogP contribution in [0, 0.1) is 0 Å². The maximum absolute atomic E-state index is 5.94. The first kappa shape index (κ1) is 13.5. The Labute approximate surface area is 109 Å². The number of nitrogens with two attached hydrogens (primary N) is 1. The summed E-state index contributed by atoms with van der Waals surface area (Å²) < 4.78 is 7.58. The third-order valence-electron chi connectivity index (χ3n) is 3.59. The molecule has 0 radical (unpaired) electrons. The van der Waals surface area contributed by atoms with Crippen molar-refractivity contribution in [1.29, 1.82) is 0 Å². The molecule has 1 aliphatic rings.